The topological polar surface area (TPSA) is 55.1 Å². The largest absolute Gasteiger partial charge is 0.398 e. The number of carbonyl (C=O) groups excluding carboxylic acids is 1. The quantitative estimate of drug-likeness (QED) is 0.665. The third-order valence-corrected chi connectivity index (χ3v) is 3.34. The van der Waals surface area contributed by atoms with Gasteiger partial charge in [0, 0.05) is 10.6 Å². The lowest BCUT2D eigenvalue weighted by Crippen LogP contribution is -2.14. The maximum Gasteiger partial charge on any atom is 0.288 e. The highest BCUT2D eigenvalue weighted by atomic mass is 32.2. The van der Waals surface area contributed by atoms with Crippen molar-refractivity contribution < 1.29 is 13.6 Å². The van der Waals surface area contributed by atoms with Gasteiger partial charge in [-0.05, 0) is 24.3 Å². The highest BCUT2D eigenvalue weighted by Crippen LogP contribution is 2.32. The van der Waals surface area contributed by atoms with Crippen molar-refractivity contribution in [2.24, 2.45) is 0 Å². The first kappa shape index (κ1) is 14.3. The molecule has 0 spiro atoms. The molecule has 0 radical (unpaired) electrons. The molecule has 20 heavy (non-hydrogen) atoms. The van der Waals surface area contributed by atoms with Gasteiger partial charge in [0.1, 0.15) is 0 Å². The first-order chi connectivity index (χ1) is 9.58. The Hall–Kier alpha value is -2.08. The summed E-state index contributed by atoms with van der Waals surface area (Å²) in [5.41, 5.74) is 6.69. The Morgan fingerprint density at radius 3 is 2.45 bits per heavy atom. The van der Waals surface area contributed by atoms with Crippen molar-refractivity contribution in [1.82, 2.24) is 0 Å². The van der Waals surface area contributed by atoms with Crippen molar-refractivity contribution in [3.05, 3.63) is 54.1 Å². The van der Waals surface area contributed by atoms with Crippen LogP contribution in [0.4, 0.5) is 20.2 Å². The molecule has 6 heteroatoms. The van der Waals surface area contributed by atoms with Crippen LogP contribution in [0.1, 0.15) is 10.4 Å². The van der Waals surface area contributed by atoms with E-state index in [1.807, 2.05) is 0 Å². The summed E-state index contributed by atoms with van der Waals surface area (Å²) in [6, 6.07) is 13.0. The molecule has 0 saturated heterocycles. The monoisotopic (exact) mass is 294 g/mol. The number of nitrogens with one attached hydrogen (secondary N) is 1. The van der Waals surface area contributed by atoms with E-state index < -0.39 is 11.7 Å². The molecule has 0 heterocycles. The minimum atomic E-state index is -2.55. The number of nitrogen functional groups attached to an aromatic ring is 1. The molecule has 0 bridgehead atoms. The summed E-state index contributed by atoms with van der Waals surface area (Å²) < 4.78 is 24.9. The van der Waals surface area contributed by atoms with Crippen LogP contribution in [0.3, 0.4) is 0 Å². The zero-order valence-electron chi connectivity index (χ0n) is 10.3. The molecule has 0 aromatic heterocycles. The molecule has 0 fully saturated rings. The summed E-state index contributed by atoms with van der Waals surface area (Å²) in [6.45, 7) is 0. The van der Waals surface area contributed by atoms with Gasteiger partial charge in [0.05, 0.1) is 11.3 Å². The number of para-hydroxylation sites is 2. The van der Waals surface area contributed by atoms with Crippen molar-refractivity contribution in [3.63, 3.8) is 0 Å². The number of hydrogen-bond acceptors (Lipinski definition) is 3. The minimum absolute atomic E-state index is 0.310. The molecule has 0 aliphatic rings. The van der Waals surface area contributed by atoms with Crippen LogP contribution in [0.25, 0.3) is 0 Å². The van der Waals surface area contributed by atoms with Crippen LogP contribution in [-0.2, 0) is 0 Å². The smallest absolute Gasteiger partial charge is 0.288 e. The molecule has 1 amide bonds. The van der Waals surface area contributed by atoms with E-state index in [1.54, 1.807) is 42.5 Å². The van der Waals surface area contributed by atoms with Crippen molar-refractivity contribution >= 4 is 29.0 Å². The number of nitrogens with two attached hydrogens (primary N) is 1. The number of thioether (sulfide) groups is 1. The number of hydrogen-bond donors (Lipinski definition) is 2. The lowest BCUT2D eigenvalue weighted by atomic mass is 10.1. The Balaban J connectivity index is 2.22. The Morgan fingerprint density at radius 2 is 1.75 bits per heavy atom. The van der Waals surface area contributed by atoms with Crippen molar-refractivity contribution in [2.75, 3.05) is 11.1 Å². The average molecular weight is 294 g/mol. The number of rotatable bonds is 4. The van der Waals surface area contributed by atoms with Crippen LogP contribution in [0.15, 0.2) is 53.4 Å². The molecule has 0 atom stereocenters. The summed E-state index contributed by atoms with van der Waals surface area (Å²) in [5, 5.41) is 2.60. The van der Waals surface area contributed by atoms with Crippen molar-refractivity contribution in [1.29, 1.82) is 0 Å². The molecular weight excluding hydrogens is 282 g/mol. The maximum absolute atomic E-state index is 12.5. The number of benzene rings is 2. The van der Waals surface area contributed by atoms with E-state index in [4.69, 9.17) is 5.73 Å². The van der Waals surface area contributed by atoms with Crippen molar-refractivity contribution in [3.8, 4) is 0 Å². The van der Waals surface area contributed by atoms with Crippen molar-refractivity contribution in [2.45, 2.75) is 10.7 Å². The van der Waals surface area contributed by atoms with Crippen LogP contribution < -0.4 is 11.1 Å². The zero-order chi connectivity index (χ0) is 14.5. The molecular formula is C14H12F2N2OS. The van der Waals surface area contributed by atoms with Gasteiger partial charge in [-0.3, -0.25) is 4.79 Å². The van der Waals surface area contributed by atoms with Crippen LogP contribution >= 0.6 is 11.8 Å². The van der Waals surface area contributed by atoms with Gasteiger partial charge in [0.25, 0.3) is 11.7 Å². The summed E-state index contributed by atoms with van der Waals surface area (Å²) in [7, 11) is 0. The molecule has 2 aromatic rings. The van der Waals surface area contributed by atoms with Gasteiger partial charge in [-0.15, -0.1) is 0 Å². The Labute approximate surface area is 119 Å². The van der Waals surface area contributed by atoms with Gasteiger partial charge in [-0.25, -0.2) is 0 Å². The van der Waals surface area contributed by atoms with Gasteiger partial charge >= 0.3 is 0 Å². The number of amides is 1. The molecule has 3 N–H and O–H groups in total. The standard InChI is InChI=1S/C14H12F2N2OS/c15-14(16)20-12-8-4-3-7-11(12)18-13(19)9-5-1-2-6-10(9)17/h1-8,14H,17H2,(H,18,19). The molecule has 3 nitrogen and oxygen atoms in total. The predicted molar refractivity (Wildman–Crippen MR) is 77.1 cm³/mol. The van der Waals surface area contributed by atoms with E-state index in [-0.39, 0.29) is 0 Å². The van der Waals surface area contributed by atoms with E-state index in [0.717, 1.165) is 0 Å². The van der Waals surface area contributed by atoms with Crippen LogP contribution in [-0.4, -0.2) is 11.7 Å². The molecule has 0 aliphatic carbocycles. The first-order valence-corrected chi connectivity index (χ1v) is 6.65. The van der Waals surface area contributed by atoms with Gasteiger partial charge in [0.15, 0.2) is 0 Å². The van der Waals surface area contributed by atoms with Gasteiger partial charge < -0.3 is 11.1 Å². The highest BCUT2D eigenvalue weighted by molar-refractivity contribution is 7.99. The number of alkyl halides is 2. The van der Waals surface area contributed by atoms with Crippen LogP contribution in [0.5, 0.6) is 0 Å². The SMILES string of the molecule is Nc1ccccc1C(=O)Nc1ccccc1SC(F)F. The van der Waals surface area contributed by atoms with E-state index in [9.17, 15) is 13.6 Å². The predicted octanol–water partition coefficient (Wildman–Crippen LogP) is 3.84. The minimum Gasteiger partial charge on any atom is -0.398 e. The molecule has 104 valence electrons. The second-order valence-electron chi connectivity index (χ2n) is 3.92. The highest BCUT2D eigenvalue weighted by Gasteiger charge is 2.14. The normalized spacial score (nSPS) is 10.6. The third-order valence-electron chi connectivity index (χ3n) is 2.56. The fourth-order valence-corrected chi connectivity index (χ4v) is 2.26. The number of anilines is 2. The Kier molecular flexibility index (Phi) is 4.57. The lowest BCUT2D eigenvalue weighted by molar-refractivity contribution is 0.102. The van der Waals surface area contributed by atoms with E-state index in [2.05, 4.69) is 5.32 Å². The van der Waals surface area contributed by atoms with Crippen LogP contribution in [0.2, 0.25) is 0 Å². The van der Waals surface area contributed by atoms with E-state index in [1.165, 1.54) is 6.07 Å². The molecule has 2 aromatic carbocycles. The van der Waals surface area contributed by atoms with Gasteiger partial charge in [-0.1, -0.05) is 36.0 Å². The fourth-order valence-electron chi connectivity index (χ4n) is 1.66. The number of halogens is 2. The van der Waals surface area contributed by atoms with E-state index in [0.29, 0.717) is 33.6 Å². The average Bonchev–Trinajstić information content (AvgIpc) is 2.41. The second kappa shape index (κ2) is 6.38. The molecule has 0 aliphatic heterocycles. The Morgan fingerprint density at radius 1 is 1.10 bits per heavy atom. The molecule has 2 rings (SSSR count). The maximum atomic E-state index is 12.5. The third kappa shape index (κ3) is 3.48. The summed E-state index contributed by atoms with van der Waals surface area (Å²) >= 11 is 0.387. The summed E-state index contributed by atoms with van der Waals surface area (Å²) in [5.74, 6) is -2.97. The lowest BCUT2D eigenvalue weighted by Gasteiger charge is -2.11. The fraction of sp³-hybridized carbons (Fsp3) is 0.0714. The first-order valence-electron chi connectivity index (χ1n) is 5.77. The second-order valence-corrected chi connectivity index (χ2v) is 4.95. The molecule has 0 unspecified atom stereocenters. The van der Waals surface area contributed by atoms with Gasteiger partial charge in [0.2, 0.25) is 0 Å². The summed E-state index contributed by atoms with van der Waals surface area (Å²) in [6.07, 6.45) is 0. The van der Waals surface area contributed by atoms with Crippen LogP contribution in [0, 0.1) is 0 Å². The number of carbonyl (C=O) groups is 1. The molecule has 0 saturated carbocycles. The zero-order valence-corrected chi connectivity index (χ0v) is 11.2. The van der Waals surface area contributed by atoms with E-state index >= 15 is 0 Å². The summed E-state index contributed by atoms with van der Waals surface area (Å²) in [4.78, 5) is 12.4. The van der Waals surface area contributed by atoms with Gasteiger partial charge in [-0.2, -0.15) is 8.78 Å². The Bertz CT molecular complexity index is 620.